The van der Waals surface area contributed by atoms with E-state index in [4.69, 9.17) is 4.74 Å². The van der Waals surface area contributed by atoms with Crippen LogP contribution in [0.4, 0.5) is 0 Å². The fourth-order valence-electron chi connectivity index (χ4n) is 2.79. The van der Waals surface area contributed by atoms with E-state index in [-0.39, 0.29) is 0 Å². The van der Waals surface area contributed by atoms with Gasteiger partial charge in [-0.15, -0.1) is 11.8 Å². The highest BCUT2D eigenvalue weighted by Gasteiger charge is 2.03. The maximum atomic E-state index is 5.85. The highest BCUT2D eigenvalue weighted by molar-refractivity contribution is 7.98. The summed E-state index contributed by atoms with van der Waals surface area (Å²) in [4.78, 5) is 10.1. The topological polar surface area (TPSA) is 35.0 Å². The number of hydrogen-bond donors (Lipinski definition) is 0. The Hall–Kier alpha value is -3.11. The van der Waals surface area contributed by atoms with Crippen LogP contribution in [0.25, 0.3) is 11.1 Å². The molecular formula is C24H20N2OS. The smallest absolute Gasteiger partial charge is 0.127 e. The van der Waals surface area contributed by atoms with Gasteiger partial charge in [-0.05, 0) is 55.0 Å². The quantitative estimate of drug-likeness (QED) is 0.354. The van der Waals surface area contributed by atoms with Crippen molar-refractivity contribution in [2.75, 3.05) is 0 Å². The van der Waals surface area contributed by atoms with Crippen LogP contribution in [0.15, 0.2) is 96.2 Å². The molecule has 0 amide bonds. The maximum absolute atomic E-state index is 5.85. The third-order valence-corrected chi connectivity index (χ3v) is 5.27. The summed E-state index contributed by atoms with van der Waals surface area (Å²) in [5, 5.41) is 0. The summed E-state index contributed by atoms with van der Waals surface area (Å²) in [6.07, 6.45) is 3.78. The molecule has 2 aromatic carbocycles. The second kappa shape index (κ2) is 8.72. The summed E-state index contributed by atoms with van der Waals surface area (Å²) in [5.41, 5.74) is 4.32. The molecule has 0 aliphatic carbocycles. The molecule has 0 aliphatic heterocycles. The minimum Gasteiger partial charge on any atom is -0.457 e. The van der Waals surface area contributed by atoms with E-state index in [2.05, 4.69) is 40.3 Å². The molecule has 0 saturated heterocycles. The number of rotatable bonds is 6. The van der Waals surface area contributed by atoms with Crippen molar-refractivity contribution in [3.05, 3.63) is 103 Å². The fraction of sp³-hybridized carbons (Fsp3) is 0.0833. The predicted octanol–water partition coefficient (Wildman–Crippen LogP) is 6.54. The van der Waals surface area contributed by atoms with E-state index >= 15 is 0 Å². The summed E-state index contributed by atoms with van der Waals surface area (Å²) in [6, 6.07) is 26.2. The van der Waals surface area contributed by atoms with Crippen molar-refractivity contribution >= 4 is 11.8 Å². The van der Waals surface area contributed by atoms with Crippen molar-refractivity contribution in [3.63, 3.8) is 0 Å². The van der Waals surface area contributed by atoms with Gasteiger partial charge in [0.05, 0.1) is 5.69 Å². The zero-order valence-corrected chi connectivity index (χ0v) is 16.4. The molecule has 2 heterocycles. The van der Waals surface area contributed by atoms with Crippen molar-refractivity contribution in [1.82, 2.24) is 9.97 Å². The van der Waals surface area contributed by atoms with E-state index < -0.39 is 0 Å². The Morgan fingerprint density at radius 3 is 2.25 bits per heavy atom. The molecule has 138 valence electrons. The zero-order chi connectivity index (χ0) is 19.2. The number of aromatic nitrogens is 2. The van der Waals surface area contributed by atoms with Gasteiger partial charge in [-0.2, -0.15) is 0 Å². The molecule has 0 saturated carbocycles. The first-order valence-electron chi connectivity index (χ1n) is 9.10. The molecule has 4 rings (SSSR count). The first-order chi connectivity index (χ1) is 13.8. The largest absolute Gasteiger partial charge is 0.457 e. The van der Waals surface area contributed by atoms with Crippen LogP contribution in [0.1, 0.15) is 11.4 Å². The molecule has 4 heteroatoms. The lowest BCUT2D eigenvalue weighted by Gasteiger charge is -2.07. The van der Waals surface area contributed by atoms with Crippen LogP contribution in [0, 0.1) is 6.92 Å². The molecule has 0 radical (unpaired) electrons. The second-order valence-corrected chi connectivity index (χ2v) is 7.45. The van der Waals surface area contributed by atoms with Gasteiger partial charge < -0.3 is 4.74 Å². The van der Waals surface area contributed by atoms with E-state index in [0.29, 0.717) is 0 Å². The Bertz CT molecular complexity index is 1030. The van der Waals surface area contributed by atoms with Gasteiger partial charge in [0.1, 0.15) is 11.5 Å². The zero-order valence-electron chi connectivity index (χ0n) is 15.6. The number of aryl methyl sites for hydroxylation is 1. The third kappa shape index (κ3) is 4.78. The normalized spacial score (nSPS) is 10.6. The Morgan fingerprint density at radius 2 is 1.54 bits per heavy atom. The van der Waals surface area contributed by atoms with E-state index in [1.807, 2.05) is 67.8 Å². The van der Waals surface area contributed by atoms with Crippen molar-refractivity contribution < 1.29 is 4.74 Å². The van der Waals surface area contributed by atoms with Crippen LogP contribution >= 0.6 is 11.8 Å². The van der Waals surface area contributed by atoms with Crippen LogP contribution in [-0.4, -0.2) is 9.97 Å². The van der Waals surface area contributed by atoms with Gasteiger partial charge in [-0.1, -0.05) is 36.4 Å². The first-order valence-corrected chi connectivity index (χ1v) is 10.1. The number of hydrogen-bond acceptors (Lipinski definition) is 4. The molecule has 0 N–H and O–H groups in total. The molecule has 28 heavy (non-hydrogen) atoms. The number of pyridine rings is 2. The van der Waals surface area contributed by atoms with Crippen molar-refractivity contribution in [1.29, 1.82) is 0 Å². The average Bonchev–Trinajstić information content (AvgIpc) is 2.74. The van der Waals surface area contributed by atoms with Gasteiger partial charge in [-0.25, -0.2) is 0 Å². The van der Waals surface area contributed by atoms with Gasteiger partial charge in [0.2, 0.25) is 0 Å². The van der Waals surface area contributed by atoms with Gasteiger partial charge in [-0.3, -0.25) is 9.97 Å². The Balaban J connectivity index is 1.39. The molecular weight excluding hydrogens is 364 g/mol. The summed E-state index contributed by atoms with van der Waals surface area (Å²) >= 11 is 1.77. The summed E-state index contributed by atoms with van der Waals surface area (Å²) < 4.78 is 5.85. The van der Waals surface area contributed by atoms with Crippen LogP contribution in [-0.2, 0) is 5.75 Å². The van der Waals surface area contributed by atoms with E-state index in [1.54, 1.807) is 11.8 Å². The monoisotopic (exact) mass is 384 g/mol. The summed E-state index contributed by atoms with van der Waals surface area (Å²) in [6.45, 7) is 2.01. The average molecular weight is 385 g/mol. The minimum absolute atomic E-state index is 0.823. The van der Waals surface area contributed by atoms with Gasteiger partial charge >= 0.3 is 0 Å². The van der Waals surface area contributed by atoms with Crippen LogP contribution in [0.2, 0.25) is 0 Å². The number of benzene rings is 2. The predicted molar refractivity (Wildman–Crippen MR) is 115 cm³/mol. The standard InChI is InChI=1S/C24H20N2OS/c1-18-15-24(13-14-25-18)28-17-21-10-7-20(16-26-21)19-8-11-23(12-9-19)27-22-5-3-2-4-6-22/h2-16H,17H2,1H3. The lowest BCUT2D eigenvalue weighted by Crippen LogP contribution is -1.89. The van der Waals surface area contributed by atoms with Crippen LogP contribution < -0.4 is 4.74 Å². The molecule has 0 spiro atoms. The Kier molecular flexibility index (Phi) is 5.69. The summed E-state index contributed by atoms with van der Waals surface area (Å²) in [7, 11) is 0. The first kappa shape index (κ1) is 18.3. The molecule has 0 unspecified atom stereocenters. The molecule has 0 aliphatic rings. The number of ether oxygens (including phenoxy) is 1. The SMILES string of the molecule is Cc1cc(SCc2ccc(-c3ccc(Oc4ccccc4)cc3)cn2)ccn1. The molecule has 0 fully saturated rings. The van der Waals surface area contributed by atoms with Crippen LogP contribution in [0.3, 0.4) is 0 Å². The minimum atomic E-state index is 0.823. The highest BCUT2D eigenvalue weighted by Crippen LogP contribution is 2.27. The lowest BCUT2D eigenvalue weighted by atomic mass is 10.1. The van der Waals surface area contributed by atoms with Gasteiger partial charge in [0.15, 0.2) is 0 Å². The maximum Gasteiger partial charge on any atom is 0.127 e. The molecule has 4 aromatic rings. The fourth-order valence-corrected chi connectivity index (χ4v) is 3.68. The van der Waals surface area contributed by atoms with E-state index in [0.717, 1.165) is 39.8 Å². The third-order valence-electron chi connectivity index (χ3n) is 4.25. The van der Waals surface area contributed by atoms with Crippen molar-refractivity contribution in [2.45, 2.75) is 17.6 Å². The Labute approximate surface area is 169 Å². The lowest BCUT2D eigenvalue weighted by molar-refractivity contribution is 0.483. The second-order valence-electron chi connectivity index (χ2n) is 6.40. The molecule has 0 bridgehead atoms. The number of thioether (sulfide) groups is 1. The summed E-state index contributed by atoms with van der Waals surface area (Å²) in [5.74, 6) is 2.50. The van der Waals surface area contributed by atoms with Crippen molar-refractivity contribution in [3.8, 4) is 22.6 Å². The molecule has 2 aromatic heterocycles. The molecule has 0 atom stereocenters. The Morgan fingerprint density at radius 1 is 0.786 bits per heavy atom. The van der Waals surface area contributed by atoms with Crippen molar-refractivity contribution in [2.24, 2.45) is 0 Å². The molecule has 3 nitrogen and oxygen atoms in total. The van der Waals surface area contributed by atoms with E-state index in [1.165, 1.54) is 4.90 Å². The number of para-hydroxylation sites is 1. The highest BCUT2D eigenvalue weighted by atomic mass is 32.2. The number of nitrogens with zero attached hydrogens (tertiary/aromatic N) is 2. The van der Waals surface area contributed by atoms with Gasteiger partial charge in [0.25, 0.3) is 0 Å². The van der Waals surface area contributed by atoms with Crippen LogP contribution in [0.5, 0.6) is 11.5 Å². The van der Waals surface area contributed by atoms with E-state index in [9.17, 15) is 0 Å². The van der Waals surface area contributed by atoms with Gasteiger partial charge in [0, 0.05) is 34.3 Å².